The van der Waals surface area contributed by atoms with Crippen LogP contribution < -0.4 is 0 Å². The summed E-state index contributed by atoms with van der Waals surface area (Å²) in [6.07, 6.45) is -2.90. The summed E-state index contributed by atoms with van der Waals surface area (Å²) in [7, 11) is 0. The first-order valence-corrected chi connectivity index (χ1v) is 12.3. The lowest BCUT2D eigenvalue weighted by Crippen LogP contribution is -2.07. The minimum atomic E-state index is -1.94. The summed E-state index contributed by atoms with van der Waals surface area (Å²) in [6, 6.07) is 16.6. The molecule has 0 heterocycles. The average Bonchev–Trinajstić information content (AvgIpc) is 2.86. The van der Waals surface area contributed by atoms with Crippen molar-refractivity contribution < 1.29 is 8.22 Å². The van der Waals surface area contributed by atoms with Crippen LogP contribution >= 0.6 is 0 Å². The zero-order valence-corrected chi connectivity index (χ0v) is 21.5. The van der Waals surface area contributed by atoms with E-state index in [1.165, 1.54) is 0 Å². The maximum Gasteiger partial charge on any atom is 0.0366 e. The Bertz CT molecular complexity index is 1310. The lowest BCUT2D eigenvalue weighted by Gasteiger charge is -2.18. The zero-order valence-electron chi connectivity index (χ0n) is 27.5. The summed E-state index contributed by atoms with van der Waals surface area (Å²) >= 11 is 0. The van der Waals surface area contributed by atoms with Crippen LogP contribution in [0.2, 0.25) is 0 Å². The largest absolute Gasteiger partial charge is 0.0613 e. The molecule has 0 nitrogen and oxygen atoms in total. The van der Waals surface area contributed by atoms with E-state index < -0.39 is 19.1 Å². The van der Waals surface area contributed by atoms with Crippen LogP contribution in [-0.2, 0) is 38.4 Å². The molecule has 176 valence electrons. The van der Waals surface area contributed by atoms with Crippen LogP contribution in [0.25, 0.3) is 0 Å². The molecule has 3 aromatic rings. The molecule has 0 saturated heterocycles. The minimum absolute atomic E-state index is 0.228. The van der Waals surface area contributed by atoms with E-state index in [1.54, 1.807) is 12.1 Å². The van der Waals surface area contributed by atoms with Crippen molar-refractivity contribution in [1.29, 1.82) is 0 Å². The van der Waals surface area contributed by atoms with Crippen LogP contribution in [0.1, 0.15) is 106 Å². The zero-order chi connectivity index (χ0) is 29.4. The Morgan fingerprint density at radius 3 is 1.33 bits per heavy atom. The molecule has 0 N–H and O–H groups in total. The molecular formula is C33H44. The molecule has 0 fully saturated rings. The fourth-order valence-electron chi connectivity index (χ4n) is 3.95. The Kier molecular flexibility index (Phi) is 6.12. The Labute approximate surface area is 211 Å². The Balaban J connectivity index is 2.18. The first-order chi connectivity index (χ1) is 17.9. The van der Waals surface area contributed by atoms with Crippen LogP contribution in [0, 0.1) is 12.3 Å². The van der Waals surface area contributed by atoms with Crippen LogP contribution in [0.15, 0.2) is 54.6 Å². The van der Waals surface area contributed by atoms with Gasteiger partial charge in [0.2, 0.25) is 0 Å². The van der Waals surface area contributed by atoms with Crippen LogP contribution in [-0.4, -0.2) is 0 Å². The molecule has 0 heteroatoms. The lowest BCUT2D eigenvalue weighted by atomic mass is 9.87. The maximum absolute atomic E-state index is 9.26. The van der Waals surface area contributed by atoms with Gasteiger partial charge in [-0.15, -0.1) is 0 Å². The second-order valence-electron chi connectivity index (χ2n) is 10.3. The van der Waals surface area contributed by atoms with Gasteiger partial charge in [0.15, 0.2) is 0 Å². The Hall–Kier alpha value is -2.34. The molecule has 3 rings (SSSR count). The highest BCUT2D eigenvalue weighted by atomic mass is 14.2. The van der Waals surface area contributed by atoms with Crippen molar-refractivity contribution >= 4 is 0 Å². The topological polar surface area (TPSA) is 0 Å². The van der Waals surface area contributed by atoms with E-state index in [0.29, 0.717) is 47.1 Å². The molecule has 0 unspecified atom stereocenters. The van der Waals surface area contributed by atoms with Crippen molar-refractivity contribution in [2.24, 2.45) is 5.41 Å². The molecule has 0 saturated carbocycles. The minimum Gasteiger partial charge on any atom is -0.0613 e. The quantitative estimate of drug-likeness (QED) is 0.308. The lowest BCUT2D eigenvalue weighted by molar-refractivity contribution is 0.378. The van der Waals surface area contributed by atoms with E-state index in [1.807, 2.05) is 77.9 Å². The number of rotatable bonds is 9. The molecule has 0 aliphatic rings. The second kappa shape index (κ2) is 11.2. The standard InChI is InChI=1S/C33H44/c1-8-25-13-24(4)14-29(16-25)21-31-18-27(10-3)19-32(23-31)22-30-17-26(9-2)15-28(20-30)11-12-33(5,6)7/h13-20,23H,8-12,21-22H2,1-7H3/i11D2,21D2,22D2. The average molecular weight is 447 g/mol. The van der Waals surface area contributed by atoms with Gasteiger partial charge in [-0.25, -0.2) is 0 Å². The summed E-state index contributed by atoms with van der Waals surface area (Å²) in [5.74, 6) is 0. The molecule has 33 heavy (non-hydrogen) atoms. The van der Waals surface area contributed by atoms with Gasteiger partial charge >= 0.3 is 0 Å². The first kappa shape index (κ1) is 18.0. The van der Waals surface area contributed by atoms with Crippen molar-refractivity contribution in [3.8, 4) is 0 Å². The summed E-state index contributed by atoms with van der Waals surface area (Å²) in [5, 5.41) is 0. The molecule has 0 aromatic heterocycles. The molecule has 0 bridgehead atoms. The van der Waals surface area contributed by atoms with Crippen molar-refractivity contribution in [3.05, 3.63) is 105 Å². The van der Waals surface area contributed by atoms with Crippen molar-refractivity contribution in [1.82, 2.24) is 0 Å². The normalized spacial score (nSPS) is 15.7. The Morgan fingerprint density at radius 2 is 0.879 bits per heavy atom. The Morgan fingerprint density at radius 1 is 0.545 bits per heavy atom. The van der Waals surface area contributed by atoms with Crippen molar-refractivity contribution in [2.45, 2.75) is 93.3 Å². The van der Waals surface area contributed by atoms with E-state index in [9.17, 15) is 2.74 Å². The number of aryl methyl sites for hydroxylation is 5. The van der Waals surface area contributed by atoms with Gasteiger partial charge in [-0.3, -0.25) is 0 Å². The highest BCUT2D eigenvalue weighted by molar-refractivity contribution is 5.40. The van der Waals surface area contributed by atoms with Gasteiger partial charge in [0, 0.05) is 8.22 Å². The number of hydrogen-bond donors (Lipinski definition) is 0. The van der Waals surface area contributed by atoms with Crippen molar-refractivity contribution in [3.63, 3.8) is 0 Å². The second-order valence-corrected chi connectivity index (χ2v) is 10.3. The van der Waals surface area contributed by atoms with Crippen molar-refractivity contribution in [2.75, 3.05) is 0 Å². The fraction of sp³-hybridized carbons (Fsp3) is 0.455. The van der Waals surface area contributed by atoms with Gasteiger partial charge in [-0.05, 0) is 102 Å². The number of hydrogen-bond acceptors (Lipinski definition) is 0. The van der Waals surface area contributed by atoms with Crippen LogP contribution in [0.4, 0.5) is 0 Å². The predicted octanol–water partition coefficient (Wildman–Crippen LogP) is 8.84. The molecule has 3 aromatic carbocycles. The molecule has 0 radical (unpaired) electrons. The van der Waals surface area contributed by atoms with Gasteiger partial charge in [0.25, 0.3) is 0 Å². The SMILES string of the molecule is [2H]C([2H])(CC(C)(C)C)c1cc(CC)cc(C([2H])([2H])c2cc(CC)cc(C([2H])([2H])c3cc(C)cc(CC)c3)c2)c1. The predicted molar refractivity (Wildman–Crippen MR) is 146 cm³/mol. The maximum atomic E-state index is 9.26. The molecular weight excluding hydrogens is 396 g/mol. The fourth-order valence-corrected chi connectivity index (χ4v) is 3.95. The van der Waals surface area contributed by atoms with E-state index in [2.05, 4.69) is 13.0 Å². The van der Waals surface area contributed by atoms with Gasteiger partial charge in [0.1, 0.15) is 0 Å². The summed E-state index contributed by atoms with van der Waals surface area (Å²) in [4.78, 5) is 0. The van der Waals surface area contributed by atoms with Gasteiger partial charge in [-0.1, -0.05) is 102 Å². The first-order valence-electron chi connectivity index (χ1n) is 15.3. The third-order valence-electron chi connectivity index (χ3n) is 5.75. The van der Waals surface area contributed by atoms with E-state index in [0.717, 1.165) is 28.7 Å². The molecule has 0 amide bonds. The summed E-state index contributed by atoms with van der Waals surface area (Å²) in [5.41, 5.74) is 5.89. The van der Waals surface area contributed by atoms with Crippen LogP contribution in [0.3, 0.4) is 0 Å². The monoisotopic (exact) mass is 446 g/mol. The van der Waals surface area contributed by atoms with E-state index >= 15 is 0 Å². The van der Waals surface area contributed by atoms with Gasteiger partial charge < -0.3 is 0 Å². The third kappa shape index (κ3) is 7.88. The molecule has 0 spiro atoms. The van der Waals surface area contributed by atoms with Gasteiger partial charge in [-0.2, -0.15) is 0 Å². The summed E-state index contributed by atoms with van der Waals surface area (Å²) < 4.78 is 54.4. The van der Waals surface area contributed by atoms with E-state index in [4.69, 9.17) is 5.48 Å². The smallest absolute Gasteiger partial charge is 0.0366 e. The summed E-state index contributed by atoms with van der Waals surface area (Å²) in [6.45, 7) is 14.1. The molecule has 0 atom stereocenters. The highest BCUT2D eigenvalue weighted by Crippen LogP contribution is 2.25. The molecule has 0 aliphatic heterocycles. The molecule has 0 aliphatic carbocycles. The third-order valence-corrected chi connectivity index (χ3v) is 5.75. The van der Waals surface area contributed by atoms with E-state index in [-0.39, 0.29) is 5.41 Å². The highest BCUT2D eigenvalue weighted by Gasteiger charge is 2.11. The van der Waals surface area contributed by atoms with Gasteiger partial charge in [0.05, 0.1) is 0 Å². The van der Waals surface area contributed by atoms with Crippen LogP contribution in [0.5, 0.6) is 0 Å². The number of benzene rings is 3.